The number of aryl methyl sites for hydroxylation is 3. The van der Waals surface area contributed by atoms with Gasteiger partial charge in [-0.1, -0.05) is 17.7 Å². The predicted molar refractivity (Wildman–Crippen MR) is 98.8 cm³/mol. The fourth-order valence-corrected chi connectivity index (χ4v) is 5.40. The molecule has 1 amide bonds. The van der Waals surface area contributed by atoms with Crippen LogP contribution in [0.5, 0.6) is 0 Å². The average Bonchev–Trinajstić information content (AvgIpc) is 2.54. The predicted octanol–water partition coefficient (Wildman–Crippen LogP) is 1.48. The molecule has 0 bridgehead atoms. The summed E-state index contributed by atoms with van der Waals surface area (Å²) in [6.45, 7) is 7.52. The van der Waals surface area contributed by atoms with Crippen molar-refractivity contribution in [3.05, 3.63) is 28.8 Å². The molecule has 7 heteroatoms. The van der Waals surface area contributed by atoms with Gasteiger partial charge in [-0.25, -0.2) is 8.42 Å². The van der Waals surface area contributed by atoms with Gasteiger partial charge < -0.3 is 11.1 Å². The molecule has 1 aromatic rings. The van der Waals surface area contributed by atoms with Crippen molar-refractivity contribution in [1.29, 1.82) is 0 Å². The molecular weight excluding hydrogens is 338 g/mol. The summed E-state index contributed by atoms with van der Waals surface area (Å²) >= 11 is 0. The van der Waals surface area contributed by atoms with Crippen molar-refractivity contribution in [3.63, 3.8) is 0 Å². The Morgan fingerprint density at radius 2 is 1.76 bits per heavy atom. The summed E-state index contributed by atoms with van der Waals surface area (Å²) in [7, 11) is -3.53. The van der Waals surface area contributed by atoms with Gasteiger partial charge in [-0.15, -0.1) is 0 Å². The molecule has 0 saturated carbocycles. The number of benzene rings is 1. The number of hydrogen-bond acceptors (Lipinski definition) is 4. The lowest BCUT2D eigenvalue weighted by atomic mass is 9.97. The zero-order chi connectivity index (χ0) is 18.6. The van der Waals surface area contributed by atoms with Crippen LogP contribution in [0.4, 0.5) is 0 Å². The highest BCUT2D eigenvalue weighted by Crippen LogP contribution is 2.28. The van der Waals surface area contributed by atoms with Crippen molar-refractivity contribution in [2.24, 2.45) is 11.7 Å². The van der Waals surface area contributed by atoms with Crippen molar-refractivity contribution in [2.75, 3.05) is 26.2 Å². The van der Waals surface area contributed by atoms with Gasteiger partial charge in [0.05, 0.1) is 4.90 Å². The largest absolute Gasteiger partial charge is 0.356 e. The molecule has 0 unspecified atom stereocenters. The topological polar surface area (TPSA) is 92.5 Å². The molecule has 0 radical (unpaired) electrons. The molecule has 0 spiro atoms. The molecule has 140 valence electrons. The molecule has 1 aromatic carbocycles. The van der Waals surface area contributed by atoms with Crippen molar-refractivity contribution in [3.8, 4) is 0 Å². The summed E-state index contributed by atoms with van der Waals surface area (Å²) in [6.07, 6.45) is 1.86. The van der Waals surface area contributed by atoms with Crippen molar-refractivity contribution < 1.29 is 13.2 Å². The summed E-state index contributed by atoms with van der Waals surface area (Å²) in [5.41, 5.74) is 8.03. The van der Waals surface area contributed by atoms with Gasteiger partial charge in [0.1, 0.15) is 0 Å². The van der Waals surface area contributed by atoms with Crippen LogP contribution >= 0.6 is 0 Å². The minimum absolute atomic E-state index is 0.00759. The van der Waals surface area contributed by atoms with E-state index in [0.717, 1.165) is 23.1 Å². The molecule has 0 atom stereocenters. The van der Waals surface area contributed by atoms with Gasteiger partial charge in [0.15, 0.2) is 0 Å². The third-order valence-corrected chi connectivity index (χ3v) is 6.91. The number of hydrogen-bond donors (Lipinski definition) is 2. The van der Waals surface area contributed by atoms with Gasteiger partial charge >= 0.3 is 0 Å². The van der Waals surface area contributed by atoms with Crippen LogP contribution < -0.4 is 11.1 Å². The zero-order valence-electron chi connectivity index (χ0n) is 15.3. The second-order valence-electron chi connectivity index (χ2n) is 6.84. The number of piperidine rings is 1. The summed E-state index contributed by atoms with van der Waals surface area (Å²) in [6, 6.07) is 3.80. The lowest BCUT2D eigenvalue weighted by Crippen LogP contribution is -2.43. The van der Waals surface area contributed by atoms with E-state index in [4.69, 9.17) is 5.73 Å². The van der Waals surface area contributed by atoms with Crippen LogP contribution in [-0.2, 0) is 14.8 Å². The fourth-order valence-electron chi connectivity index (χ4n) is 3.52. The second-order valence-corrected chi connectivity index (χ2v) is 8.71. The van der Waals surface area contributed by atoms with Crippen LogP contribution in [0, 0.1) is 26.7 Å². The van der Waals surface area contributed by atoms with Gasteiger partial charge in [0.25, 0.3) is 0 Å². The van der Waals surface area contributed by atoms with Gasteiger partial charge in [-0.3, -0.25) is 4.79 Å². The third kappa shape index (κ3) is 4.59. The van der Waals surface area contributed by atoms with Crippen molar-refractivity contribution >= 4 is 15.9 Å². The number of rotatable bonds is 6. The molecule has 1 aliphatic rings. The number of amides is 1. The Hall–Kier alpha value is -1.44. The van der Waals surface area contributed by atoms with E-state index in [1.807, 2.05) is 32.9 Å². The lowest BCUT2D eigenvalue weighted by molar-refractivity contribution is -0.126. The summed E-state index contributed by atoms with van der Waals surface area (Å²) in [5, 5.41) is 2.88. The number of sulfonamides is 1. The standard InChI is InChI=1S/C18H29N3O3S/c1-13-11-14(2)17(15(3)12-13)25(23,24)21-9-5-16(6-10-21)18(22)20-8-4-7-19/h11-12,16H,4-10,19H2,1-3H3,(H,20,22). The summed E-state index contributed by atoms with van der Waals surface area (Å²) < 4.78 is 27.6. The van der Waals surface area contributed by atoms with Crippen LogP contribution in [0.1, 0.15) is 36.0 Å². The number of nitrogens with one attached hydrogen (secondary N) is 1. The molecule has 0 aliphatic carbocycles. The molecule has 1 heterocycles. The van der Waals surface area contributed by atoms with Crippen LogP contribution in [-0.4, -0.2) is 44.8 Å². The molecular formula is C18H29N3O3S. The van der Waals surface area contributed by atoms with E-state index >= 15 is 0 Å². The molecule has 1 aliphatic heterocycles. The minimum Gasteiger partial charge on any atom is -0.356 e. The Labute approximate surface area is 150 Å². The highest BCUT2D eigenvalue weighted by molar-refractivity contribution is 7.89. The second kappa shape index (κ2) is 8.29. The molecule has 1 fully saturated rings. The molecule has 3 N–H and O–H groups in total. The fraction of sp³-hybridized carbons (Fsp3) is 0.611. The van der Waals surface area contributed by atoms with Crippen LogP contribution in [0.2, 0.25) is 0 Å². The van der Waals surface area contributed by atoms with E-state index in [1.165, 1.54) is 4.31 Å². The van der Waals surface area contributed by atoms with E-state index in [1.54, 1.807) is 0 Å². The first-order valence-electron chi connectivity index (χ1n) is 8.83. The van der Waals surface area contributed by atoms with E-state index in [9.17, 15) is 13.2 Å². The zero-order valence-corrected chi connectivity index (χ0v) is 16.2. The highest BCUT2D eigenvalue weighted by atomic mass is 32.2. The number of carbonyl (C=O) groups excluding carboxylic acids is 1. The molecule has 6 nitrogen and oxygen atoms in total. The maximum Gasteiger partial charge on any atom is 0.243 e. The van der Waals surface area contributed by atoms with E-state index < -0.39 is 10.0 Å². The normalized spacial score (nSPS) is 16.8. The summed E-state index contributed by atoms with van der Waals surface area (Å²) in [4.78, 5) is 12.5. The maximum atomic E-state index is 13.0. The van der Waals surface area contributed by atoms with Gasteiger partial charge in [-0.05, 0) is 57.7 Å². The number of nitrogens with zero attached hydrogens (tertiary/aromatic N) is 1. The highest BCUT2D eigenvalue weighted by Gasteiger charge is 2.33. The van der Waals surface area contributed by atoms with Gasteiger partial charge in [0, 0.05) is 25.6 Å². The van der Waals surface area contributed by atoms with E-state index in [2.05, 4.69) is 5.32 Å². The third-order valence-electron chi connectivity index (χ3n) is 4.71. The maximum absolute atomic E-state index is 13.0. The number of nitrogens with two attached hydrogens (primary N) is 1. The summed E-state index contributed by atoms with van der Waals surface area (Å²) in [5.74, 6) is -0.113. The monoisotopic (exact) mass is 367 g/mol. The Bertz CT molecular complexity index is 700. The van der Waals surface area contributed by atoms with Crippen LogP contribution in [0.15, 0.2) is 17.0 Å². The first-order chi connectivity index (χ1) is 11.8. The quantitative estimate of drug-likeness (QED) is 0.745. The minimum atomic E-state index is -3.53. The molecule has 0 aromatic heterocycles. The SMILES string of the molecule is Cc1cc(C)c(S(=O)(=O)N2CCC(C(=O)NCCCN)CC2)c(C)c1. The van der Waals surface area contributed by atoms with Crippen LogP contribution in [0.3, 0.4) is 0 Å². The smallest absolute Gasteiger partial charge is 0.243 e. The molecule has 2 rings (SSSR count). The van der Waals surface area contributed by atoms with Crippen LogP contribution in [0.25, 0.3) is 0 Å². The van der Waals surface area contributed by atoms with Gasteiger partial charge in [0.2, 0.25) is 15.9 Å². The van der Waals surface area contributed by atoms with Crippen molar-refractivity contribution in [2.45, 2.75) is 44.9 Å². The van der Waals surface area contributed by atoms with Gasteiger partial charge in [-0.2, -0.15) is 4.31 Å². The Balaban J connectivity index is 2.06. The average molecular weight is 368 g/mol. The lowest BCUT2D eigenvalue weighted by Gasteiger charge is -2.31. The van der Waals surface area contributed by atoms with E-state index in [-0.39, 0.29) is 11.8 Å². The first kappa shape index (κ1) is 19.9. The Morgan fingerprint density at radius 3 is 2.28 bits per heavy atom. The van der Waals surface area contributed by atoms with Crippen molar-refractivity contribution in [1.82, 2.24) is 9.62 Å². The van der Waals surface area contributed by atoms with E-state index in [0.29, 0.717) is 43.9 Å². The Kier molecular flexibility index (Phi) is 6.59. The Morgan fingerprint density at radius 1 is 1.20 bits per heavy atom. The molecule has 1 saturated heterocycles. The molecule has 25 heavy (non-hydrogen) atoms. The number of carbonyl (C=O) groups is 1. The first-order valence-corrected chi connectivity index (χ1v) is 10.3.